The van der Waals surface area contributed by atoms with Gasteiger partial charge in [0.15, 0.2) is 0 Å². The van der Waals surface area contributed by atoms with Crippen LogP contribution in [-0.4, -0.2) is 23.6 Å². The molecule has 2 fully saturated rings. The van der Waals surface area contributed by atoms with Crippen molar-refractivity contribution in [2.45, 2.75) is 44.9 Å². The predicted octanol–water partition coefficient (Wildman–Crippen LogP) is 4.25. The van der Waals surface area contributed by atoms with Gasteiger partial charge in [-0.15, -0.1) is 0 Å². The second-order valence-corrected chi connectivity index (χ2v) is 8.15. The highest BCUT2D eigenvalue weighted by molar-refractivity contribution is 6.20. The Hall–Kier alpha value is -3.55. The first-order valence-corrected chi connectivity index (χ1v) is 10.8. The fourth-order valence-corrected chi connectivity index (χ4v) is 4.15. The summed E-state index contributed by atoms with van der Waals surface area (Å²) in [7, 11) is 0. The molecule has 2 aromatic carbocycles. The lowest BCUT2D eigenvalue weighted by Gasteiger charge is -2.21. The van der Waals surface area contributed by atoms with Gasteiger partial charge in [-0.25, -0.2) is 4.39 Å². The number of rotatable bonds is 5. The third-order valence-electron chi connectivity index (χ3n) is 5.88. The standard InChI is InChI=1S/C24H24FN3O4/c25-19-10-9-17(14-20(19)27-23(31)15-5-2-1-3-6-15)26-24(32)16-7-4-8-18(13-16)28-21(29)11-12-22(28)30/h4,7-10,13-15H,1-3,5-6,11-12H2,(H,26,32)(H,27,31). The highest BCUT2D eigenvalue weighted by Gasteiger charge is 2.30. The van der Waals surface area contributed by atoms with E-state index in [1.54, 1.807) is 18.2 Å². The van der Waals surface area contributed by atoms with Crippen LogP contribution in [0.4, 0.5) is 21.5 Å². The van der Waals surface area contributed by atoms with Crippen molar-refractivity contribution in [2.24, 2.45) is 5.92 Å². The van der Waals surface area contributed by atoms with Crippen LogP contribution in [-0.2, 0) is 14.4 Å². The molecule has 1 heterocycles. The average molecular weight is 437 g/mol. The van der Waals surface area contributed by atoms with E-state index in [0.717, 1.165) is 37.0 Å². The van der Waals surface area contributed by atoms with E-state index in [-0.39, 0.29) is 47.7 Å². The van der Waals surface area contributed by atoms with Gasteiger partial charge in [0.2, 0.25) is 17.7 Å². The molecule has 0 radical (unpaired) electrons. The van der Waals surface area contributed by atoms with Gasteiger partial charge in [-0.1, -0.05) is 25.3 Å². The average Bonchev–Trinajstić information content (AvgIpc) is 3.14. The van der Waals surface area contributed by atoms with Gasteiger partial charge in [0.25, 0.3) is 5.91 Å². The maximum atomic E-state index is 14.3. The monoisotopic (exact) mass is 437 g/mol. The molecule has 2 aromatic rings. The third kappa shape index (κ3) is 4.69. The molecule has 166 valence electrons. The lowest BCUT2D eigenvalue weighted by Crippen LogP contribution is -2.28. The lowest BCUT2D eigenvalue weighted by atomic mass is 9.88. The first kappa shape index (κ1) is 21.7. The summed E-state index contributed by atoms with van der Waals surface area (Å²) in [5.41, 5.74) is 0.909. The molecule has 1 aliphatic heterocycles. The molecule has 8 heteroatoms. The summed E-state index contributed by atoms with van der Waals surface area (Å²) in [5.74, 6) is -2.00. The predicted molar refractivity (Wildman–Crippen MR) is 118 cm³/mol. The first-order chi connectivity index (χ1) is 15.4. The number of imide groups is 1. The Morgan fingerprint density at radius 2 is 1.62 bits per heavy atom. The second kappa shape index (κ2) is 9.30. The minimum atomic E-state index is -0.583. The summed E-state index contributed by atoms with van der Waals surface area (Å²) in [6.45, 7) is 0. The van der Waals surface area contributed by atoms with Crippen molar-refractivity contribution in [3.05, 3.63) is 53.8 Å². The Kier molecular flexibility index (Phi) is 6.30. The molecule has 7 nitrogen and oxygen atoms in total. The van der Waals surface area contributed by atoms with E-state index >= 15 is 0 Å². The molecule has 0 unspecified atom stereocenters. The first-order valence-electron chi connectivity index (χ1n) is 10.8. The number of nitrogens with zero attached hydrogens (tertiary/aromatic N) is 1. The van der Waals surface area contributed by atoms with E-state index in [2.05, 4.69) is 10.6 Å². The molecule has 1 saturated carbocycles. The van der Waals surface area contributed by atoms with Crippen molar-refractivity contribution >= 4 is 40.7 Å². The van der Waals surface area contributed by atoms with Crippen molar-refractivity contribution in [3.63, 3.8) is 0 Å². The molecule has 2 N–H and O–H groups in total. The number of carbonyl (C=O) groups is 4. The number of hydrogen-bond donors (Lipinski definition) is 2. The zero-order valence-electron chi connectivity index (χ0n) is 17.5. The third-order valence-corrected chi connectivity index (χ3v) is 5.88. The van der Waals surface area contributed by atoms with Crippen LogP contribution in [0.2, 0.25) is 0 Å². The fourth-order valence-electron chi connectivity index (χ4n) is 4.15. The molecule has 1 saturated heterocycles. The van der Waals surface area contributed by atoms with E-state index in [1.165, 1.54) is 24.3 Å². The van der Waals surface area contributed by atoms with Crippen molar-refractivity contribution in [1.82, 2.24) is 0 Å². The van der Waals surface area contributed by atoms with Crippen molar-refractivity contribution in [3.8, 4) is 0 Å². The van der Waals surface area contributed by atoms with Crippen LogP contribution in [0, 0.1) is 11.7 Å². The minimum Gasteiger partial charge on any atom is -0.323 e. The Labute approximate surface area is 185 Å². The van der Waals surface area contributed by atoms with Crippen molar-refractivity contribution in [1.29, 1.82) is 0 Å². The summed E-state index contributed by atoms with van der Waals surface area (Å²) in [4.78, 5) is 50.2. The number of nitrogens with one attached hydrogen (secondary N) is 2. The fraction of sp³-hybridized carbons (Fsp3) is 0.333. The normalized spacial score (nSPS) is 16.8. The van der Waals surface area contributed by atoms with Crippen LogP contribution in [0.1, 0.15) is 55.3 Å². The smallest absolute Gasteiger partial charge is 0.255 e. The number of anilines is 3. The highest BCUT2D eigenvalue weighted by atomic mass is 19.1. The second-order valence-electron chi connectivity index (χ2n) is 8.15. The van der Waals surface area contributed by atoms with Crippen molar-refractivity contribution < 1.29 is 23.6 Å². The van der Waals surface area contributed by atoms with Gasteiger partial charge >= 0.3 is 0 Å². The van der Waals surface area contributed by atoms with Crippen molar-refractivity contribution in [2.75, 3.05) is 15.5 Å². The summed E-state index contributed by atoms with van der Waals surface area (Å²) in [6, 6.07) is 10.2. The van der Waals surface area contributed by atoms with Gasteiger partial charge < -0.3 is 10.6 Å². The van der Waals surface area contributed by atoms with Gasteiger partial charge in [0, 0.05) is 30.0 Å². The molecule has 2 aliphatic rings. The Morgan fingerprint density at radius 1 is 0.906 bits per heavy atom. The quantitative estimate of drug-likeness (QED) is 0.684. The lowest BCUT2D eigenvalue weighted by molar-refractivity contribution is -0.122. The van der Waals surface area contributed by atoms with Crippen LogP contribution in [0.5, 0.6) is 0 Å². The zero-order valence-corrected chi connectivity index (χ0v) is 17.5. The van der Waals surface area contributed by atoms with Crippen LogP contribution in [0.25, 0.3) is 0 Å². The Balaban J connectivity index is 1.47. The van der Waals surface area contributed by atoms with Crippen LogP contribution in [0.3, 0.4) is 0 Å². The zero-order chi connectivity index (χ0) is 22.7. The molecule has 0 atom stereocenters. The topological polar surface area (TPSA) is 95.6 Å². The van der Waals surface area contributed by atoms with Gasteiger partial charge in [0.05, 0.1) is 11.4 Å². The van der Waals surface area contributed by atoms with E-state index in [4.69, 9.17) is 0 Å². The summed E-state index contributed by atoms with van der Waals surface area (Å²) < 4.78 is 14.3. The number of benzene rings is 2. The van der Waals surface area contributed by atoms with Gasteiger partial charge in [-0.2, -0.15) is 0 Å². The number of hydrogen-bond acceptors (Lipinski definition) is 4. The number of carbonyl (C=O) groups excluding carboxylic acids is 4. The molecule has 0 bridgehead atoms. The number of halogens is 1. The van der Waals surface area contributed by atoms with Crippen LogP contribution >= 0.6 is 0 Å². The Bertz CT molecular complexity index is 1060. The molecule has 1 aliphatic carbocycles. The van der Waals surface area contributed by atoms with Gasteiger partial charge in [-0.05, 0) is 49.2 Å². The van der Waals surface area contributed by atoms with Crippen LogP contribution < -0.4 is 15.5 Å². The minimum absolute atomic E-state index is 0.0142. The maximum Gasteiger partial charge on any atom is 0.255 e. The maximum absolute atomic E-state index is 14.3. The van der Waals surface area contributed by atoms with E-state index in [9.17, 15) is 23.6 Å². The SMILES string of the molecule is O=C(Nc1ccc(F)c(NC(=O)C2CCCCC2)c1)c1cccc(N2C(=O)CCC2=O)c1. The molecule has 0 spiro atoms. The molecule has 4 amide bonds. The molecule has 4 rings (SSSR count). The molecule has 32 heavy (non-hydrogen) atoms. The summed E-state index contributed by atoms with van der Waals surface area (Å²) >= 11 is 0. The number of amides is 4. The van der Waals surface area contributed by atoms with E-state index in [0.29, 0.717) is 11.4 Å². The largest absolute Gasteiger partial charge is 0.323 e. The summed E-state index contributed by atoms with van der Waals surface area (Å²) in [6.07, 6.45) is 4.99. The molecular weight excluding hydrogens is 413 g/mol. The van der Waals surface area contributed by atoms with Crippen LogP contribution in [0.15, 0.2) is 42.5 Å². The molecule has 0 aromatic heterocycles. The Morgan fingerprint density at radius 3 is 2.34 bits per heavy atom. The van der Waals surface area contributed by atoms with E-state index < -0.39 is 11.7 Å². The van der Waals surface area contributed by atoms with E-state index in [1.807, 2.05) is 0 Å². The summed E-state index contributed by atoms with van der Waals surface area (Å²) in [5, 5.41) is 5.32. The van der Waals surface area contributed by atoms with Gasteiger partial charge in [0.1, 0.15) is 5.82 Å². The highest BCUT2D eigenvalue weighted by Crippen LogP contribution is 2.27. The molecular formula is C24H24FN3O4. The van der Waals surface area contributed by atoms with Gasteiger partial charge in [-0.3, -0.25) is 24.1 Å².